The lowest BCUT2D eigenvalue weighted by atomic mass is 10.2. The molecule has 0 atom stereocenters. The fourth-order valence-electron chi connectivity index (χ4n) is 1.54. The van der Waals surface area contributed by atoms with Crippen LogP contribution in [0.2, 0.25) is 0 Å². The highest BCUT2D eigenvalue weighted by Gasteiger charge is 2.22. The first kappa shape index (κ1) is 13.9. The molecule has 0 aliphatic carbocycles. The molecule has 17 heavy (non-hydrogen) atoms. The predicted octanol–water partition coefficient (Wildman–Crippen LogP) is 1.21. The molecule has 5 heteroatoms. The second kappa shape index (κ2) is 5.95. The summed E-state index contributed by atoms with van der Waals surface area (Å²) < 4.78 is 25.8. The quantitative estimate of drug-likeness (QED) is 0.776. The molecule has 0 heterocycles. The van der Waals surface area contributed by atoms with E-state index in [4.69, 9.17) is 0 Å². The Morgan fingerprint density at radius 1 is 1.41 bits per heavy atom. The van der Waals surface area contributed by atoms with Crippen LogP contribution in [-0.2, 0) is 16.6 Å². The first-order valence-electron chi connectivity index (χ1n) is 5.33. The third kappa shape index (κ3) is 3.15. The summed E-state index contributed by atoms with van der Waals surface area (Å²) in [4.78, 5) is 0.346. The number of benzene rings is 1. The Morgan fingerprint density at radius 2 is 2.06 bits per heavy atom. The van der Waals surface area contributed by atoms with E-state index in [0.717, 1.165) is 5.56 Å². The van der Waals surface area contributed by atoms with Gasteiger partial charge in [-0.1, -0.05) is 24.3 Å². The highest BCUT2D eigenvalue weighted by atomic mass is 32.2. The topological polar surface area (TPSA) is 49.4 Å². The van der Waals surface area contributed by atoms with E-state index in [0.29, 0.717) is 18.0 Å². The minimum Gasteiger partial charge on any atom is -0.316 e. The third-order valence-corrected chi connectivity index (χ3v) is 4.34. The second-order valence-electron chi connectivity index (χ2n) is 3.71. The summed E-state index contributed by atoms with van der Waals surface area (Å²) in [7, 11) is -0.0946. The van der Waals surface area contributed by atoms with Gasteiger partial charge in [0.2, 0.25) is 10.0 Å². The lowest BCUT2D eigenvalue weighted by Gasteiger charge is -2.17. The number of nitrogens with one attached hydrogen (secondary N) is 1. The second-order valence-corrected chi connectivity index (χ2v) is 5.73. The minimum atomic E-state index is -3.43. The first-order valence-corrected chi connectivity index (χ1v) is 6.77. The zero-order valence-electron chi connectivity index (χ0n) is 10.2. The van der Waals surface area contributed by atoms with E-state index < -0.39 is 10.0 Å². The average Bonchev–Trinajstić information content (AvgIpc) is 2.30. The summed E-state index contributed by atoms with van der Waals surface area (Å²) >= 11 is 0. The van der Waals surface area contributed by atoms with Crippen molar-refractivity contribution in [1.29, 1.82) is 0 Å². The van der Waals surface area contributed by atoms with Gasteiger partial charge in [-0.2, -0.15) is 4.31 Å². The van der Waals surface area contributed by atoms with Crippen LogP contribution in [0.15, 0.2) is 41.8 Å². The molecule has 0 fully saturated rings. The van der Waals surface area contributed by atoms with Crippen molar-refractivity contribution in [2.75, 3.05) is 20.6 Å². The van der Waals surface area contributed by atoms with E-state index >= 15 is 0 Å². The molecule has 0 amide bonds. The van der Waals surface area contributed by atoms with Gasteiger partial charge >= 0.3 is 0 Å². The summed E-state index contributed by atoms with van der Waals surface area (Å²) in [5, 5.41) is 2.96. The molecule has 0 saturated carbocycles. The number of hydrogen-bond donors (Lipinski definition) is 1. The monoisotopic (exact) mass is 254 g/mol. The summed E-state index contributed by atoms with van der Waals surface area (Å²) in [6.07, 6.45) is 1.57. The first-order chi connectivity index (χ1) is 8.04. The SMILES string of the molecule is C=CCN(C)S(=O)(=O)c1ccccc1CNC. The largest absolute Gasteiger partial charge is 0.316 e. The van der Waals surface area contributed by atoms with Crippen molar-refractivity contribution < 1.29 is 8.42 Å². The molecule has 4 nitrogen and oxygen atoms in total. The average molecular weight is 254 g/mol. The Balaban J connectivity index is 3.18. The van der Waals surface area contributed by atoms with E-state index in [9.17, 15) is 8.42 Å². The van der Waals surface area contributed by atoms with Crippen LogP contribution in [0.25, 0.3) is 0 Å². The zero-order valence-corrected chi connectivity index (χ0v) is 11.0. The molecule has 94 valence electrons. The zero-order chi connectivity index (χ0) is 12.9. The van der Waals surface area contributed by atoms with Crippen LogP contribution in [0.3, 0.4) is 0 Å². The van der Waals surface area contributed by atoms with Gasteiger partial charge in [0, 0.05) is 20.1 Å². The van der Waals surface area contributed by atoms with Gasteiger partial charge in [-0.15, -0.1) is 6.58 Å². The third-order valence-electron chi connectivity index (χ3n) is 2.41. The van der Waals surface area contributed by atoms with Crippen LogP contribution >= 0.6 is 0 Å². The van der Waals surface area contributed by atoms with Crippen LogP contribution in [-0.4, -0.2) is 33.4 Å². The molecule has 1 aromatic carbocycles. The van der Waals surface area contributed by atoms with Crippen molar-refractivity contribution in [3.63, 3.8) is 0 Å². The van der Waals surface area contributed by atoms with Crippen LogP contribution in [0.4, 0.5) is 0 Å². The van der Waals surface area contributed by atoms with Gasteiger partial charge in [-0.3, -0.25) is 0 Å². The van der Waals surface area contributed by atoms with E-state index in [2.05, 4.69) is 11.9 Å². The molecule has 0 aliphatic heterocycles. The van der Waals surface area contributed by atoms with Crippen LogP contribution in [0.1, 0.15) is 5.56 Å². The van der Waals surface area contributed by atoms with E-state index in [1.54, 1.807) is 32.3 Å². The standard InChI is InChI=1S/C12H18N2O2S/c1-4-9-14(3)17(15,16)12-8-6-5-7-11(12)10-13-2/h4-8,13H,1,9-10H2,2-3H3. The van der Waals surface area contributed by atoms with Crippen molar-refractivity contribution >= 4 is 10.0 Å². The Hall–Kier alpha value is -1.17. The number of likely N-dealkylation sites (N-methyl/N-ethyl adjacent to an activating group) is 1. The Bertz CT molecular complexity index is 483. The number of nitrogens with zero attached hydrogens (tertiary/aromatic N) is 1. The van der Waals surface area contributed by atoms with Crippen LogP contribution < -0.4 is 5.32 Å². The van der Waals surface area contributed by atoms with Crippen molar-refractivity contribution in [3.05, 3.63) is 42.5 Å². The van der Waals surface area contributed by atoms with Crippen molar-refractivity contribution in [3.8, 4) is 0 Å². The molecule has 0 bridgehead atoms. The predicted molar refractivity (Wildman–Crippen MR) is 69.2 cm³/mol. The van der Waals surface area contributed by atoms with Gasteiger partial charge in [0.25, 0.3) is 0 Å². The lowest BCUT2D eigenvalue weighted by Crippen LogP contribution is -2.28. The number of sulfonamides is 1. The van der Waals surface area contributed by atoms with Crippen molar-refractivity contribution in [2.24, 2.45) is 0 Å². The highest BCUT2D eigenvalue weighted by molar-refractivity contribution is 7.89. The maximum atomic E-state index is 12.3. The summed E-state index contributed by atoms with van der Waals surface area (Å²) in [5.74, 6) is 0. The molecule has 0 radical (unpaired) electrons. The molecule has 1 N–H and O–H groups in total. The van der Waals surface area contributed by atoms with Gasteiger partial charge in [0.05, 0.1) is 4.90 Å². The minimum absolute atomic E-state index is 0.302. The molecule has 0 saturated heterocycles. The Kier molecular flexibility index (Phi) is 4.86. The molecule has 0 aliphatic rings. The van der Waals surface area contributed by atoms with Gasteiger partial charge in [0.15, 0.2) is 0 Å². The van der Waals surface area contributed by atoms with E-state index in [1.807, 2.05) is 12.1 Å². The smallest absolute Gasteiger partial charge is 0.243 e. The number of rotatable bonds is 6. The molecular weight excluding hydrogens is 236 g/mol. The fraction of sp³-hybridized carbons (Fsp3) is 0.333. The van der Waals surface area contributed by atoms with Crippen LogP contribution in [0, 0.1) is 0 Å². The number of hydrogen-bond acceptors (Lipinski definition) is 3. The van der Waals surface area contributed by atoms with Gasteiger partial charge in [0.1, 0.15) is 0 Å². The molecule has 0 spiro atoms. The maximum absolute atomic E-state index is 12.3. The summed E-state index contributed by atoms with van der Waals surface area (Å²) in [5.41, 5.74) is 0.769. The molecule has 1 rings (SSSR count). The maximum Gasteiger partial charge on any atom is 0.243 e. The van der Waals surface area contributed by atoms with E-state index in [-0.39, 0.29) is 0 Å². The van der Waals surface area contributed by atoms with Gasteiger partial charge < -0.3 is 5.32 Å². The van der Waals surface area contributed by atoms with E-state index in [1.165, 1.54) is 4.31 Å². The van der Waals surface area contributed by atoms with Gasteiger partial charge in [-0.25, -0.2) is 8.42 Å². The summed E-state index contributed by atoms with van der Waals surface area (Å²) in [6, 6.07) is 7.00. The molecular formula is C12H18N2O2S. The highest BCUT2D eigenvalue weighted by Crippen LogP contribution is 2.18. The molecule has 0 unspecified atom stereocenters. The Labute approximate surface area is 103 Å². The van der Waals surface area contributed by atoms with Crippen molar-refractivity contribution in [1.82, 2.24) is 9.62 Å². The lowest BCUT2D eigenvalue weighted by molar-refractivity contribution is 0.498. The van der Waals surface area contributed by atoms with Crippen LogP contribution in [0.5, 0.6) is 0 Å². The Morgan fingerprint density at radius 3 is 2.65 bits per heavy atom. The van der Waals surface area contributed by atoms with Crippen molar-refractivity contribution in [2.45, 2.75) is 11.4 Å². The van der Waals surface area contributed by atoms with Gasteiger partial charge in [-0.05, 0) is 18.7 Å². The normalized spacial score (nSPS) is 11.7. The molecule has 0 aromatic heterocycles. The summed E-state index contributed by atoms with van der Waals surface area (Å²) in [6.45, 7) is 4.38. The fourth-order valence-corrected chi connectivity index (χ4v) is 2.90. The molecule has 1 aromatic rings.